The lowest BCUT2D eigenvalue weighted by Crippen LogP contribution is -2.15. The number of hydrogen-bond acceptors (Lipinski definition) is 4. The number of anilines is 6. The standard InChI is InChI=1S/C74H60N2O2/c1-43(2)45-25-29-47(30-26-45)75(49-33-37-63-59(39-49)51-17-13-15-23-61(51)73(63,5)6)65-41-67-69(55-21-11-9-19-53(55)65)57-35-36-58-70-56-22-12-10-20-54(56)66(42-68(70)78-72(58)71(57)77-67)76(48-31-27-46(28-32-48)44(3)4)50-34-38-64-60(40-50)52-18-14-16-24-62(52)74(64,7)8/h9-44H,1-8H3. The van der Waals surface area contributed by atoms with Gasteiger partial charge in [0.25, 0.3) is 0 Å². The van der Waals surface area contributed by atoms with Crippen molar-refractivity contribution in [1.82, 2.24) is 0 Å². The van der Waals surface area contributed by atoms with Gasteiger partial charge in [0.15, 0.2) is 11.2 Å². The van der Waals surface area contributed by atoms with Crippen molar-refractivity contribution < 1.29 is 8.83 Å². The molecule has 0 radical (unpaired) electrons. The molecule has 2 aliphatic rings. The van der Waals surface area contributed by atoms with Gasteiger partial charge in [0.1, 0.15) is 11.2 Å². The summed E-state index contributed by atoms with van der Waals surface area (Å²) in [6.07, 6.45) is 0. The lowest BCUT2D eigenvalue weighted by molar-refractivity contribution is 0.633. The highest BCUT2D eigenvalue weighted by Crippen LogP contribution is 2.55. The van der Waals surface area contributed by atoms with Gasteiger partial charge in [-0.3, -0.25) is 0 Å². The van der Waals surface area contributed by atoms with Crippen molar-refractivity contribution in [2.24, 2.45) is 0 Å². The lowest BCUT2D eigenvalue weighted by Gasteiger charge is -2.28. The lowest BCUT2D eigenvalue weighted by atomic mass is 9.82. The van der Waals surface area contributed by atoms with E-state index in [4.69, 9.17) is 8.83 Å². The molecule has 2 heterocycles. The molecule has 11 aromatic carbocycles. The quantitative estimate of drug-likeness (QED) is 0.152. The second-order valence-corrected chi connectivity index (χ2v) is 23.6. The number of benzene rings is 11. The molecule has 4 nitrogen and oxygen atoms in total. The van der Waals surface area contributed by atoms with Gasteiger partial charge in [-0.25, -0.2) is 0 Å². The van der Waals surface area contributed by atoms with Crippen molar-refractivity contribution in [2.45, 2.75) is 78.1 Å². The number of hydrogen-bond donors (Lipinski definition) is 0. The SMILES string of the molecule is CC(C)c1ccc(N(c2ccc3c(c2)-c2ccccc2C3(C)C)c2cc3oc4c(ccc5c4oc4cc(N(c6ccc(C(C)C)cc6)c6ccc7c(c6)-c6ccccc6C7(C)C)c6ccccc6c45)c3c3ccccc23)cc1. The van der Waals surface area contributed by atoms with Crippen LogP contribution in [0.4, 0.5) is 34.1 Å². The Morgan fingerprint density at radius 3 is 1.06 bits per heavy atom. The minimum Gasteiger partial charge on any atom is -0.452 e. The molecule has 0 amide bonds. The van der Waals surface area contributed by atoms with Crippen LogP contribution in [0, 0.1) is 0 Å². The molecule has 2 aliphatic carbocycles. The van der Waals surface area contributed by atoms with Gasteiger partial charge in [-0.2, -0.15) is 0 Å². The second kappa shape index (κ2) is 16.8. The summed E-state index contributed by atoms with van der Waals surface area (Å²) >= 11 is 0. The summed E-state index contributed by atoms with van der Waals surface area (Å²) < 4.78 is 14.6. The number of fused-ring (bicyclic) bond motifs is 17. The summed E-state index contributed by atoms with van der Waals surface area (Å²) in [6, 6.07) is 76.8. The first kappa shape index (κ1) is 46.4. The maximum absolute atomic E-state index is 7.28. The molecule has 0 aliphatic heterocycles. The number of furan rings is 2. The van der Waals surface area contributed by atoms with Crippen LogP contribution in [0.2, 0.25) is 0 Å². The van der Waals surface area contributed by atoms with Crippen LogP contribution >= 0.6 is 0 Å². The molecule has 0 saturated heterocycles. The summed E-state index contributed by atoms with van der Waals surface area (Å²) in [4.78, 5) is 4.86. The van der Waals surface area contributed by atoms with Gasteiger partial charge in [0, 0.05) is 78.0 Å². The first-order chi connectivity index (χ1) is 37.8. The third kappa shape index (κ3) is 6.65. The largest absolute Gasteiger partial charge is 0.452 e. The second-order valence-electron chi connectivity index (χ2n) is 23.6. The zero-order valence-corrected chi connectivity index (χ0v) is 45.5. The van der Waals surface area contributed by atoms with E-state index in [-0.39, 0.29) is 10.8 Å². The van der Waals surface area contributed by atoms with Crippen LogP contribution in [0.3, 0.4) is 0 Å². The normalized spacial score (nSPS) is 14.1. The fourth-order valence-electron chi connectivity index (χ4n) is 13.7. The predicted octanol–water partition coefficient (Wildman–Crippen LogP) is 21.6. The van der Waals surface area contributed by atoms with Crippen LogP contribution in [-0.4, -0.2) is 0 Å². The van der Waals surface area contributed by atoms with E-state index in [0.29, 0.717) is 11.8 Å². The highest BCUT2D eigenvalue weighted by Gasteiger charge is 2.37. The molecule has 0 N–H and O–H groups in total. The Morgan fingerprint density at radius 2 is 0.667 bits per heavy atom. The van der Waals surface area contributed by atoms with Crippen LogP contribution < -0.4 is 9.80 Å². The third-order valence-corrected chi connectivity index (χ3v) is 17.8. The van der Waals surface area contributed by atoms with Crippen LogP contribution in [0.5, 0.6) is 0 Å². The van der Waals surface area contributed by atoms with Crippen molar-refractivity contribution in [3.8, 4) is 22.3 Å². The maximum atomic E-state index is 7.28. The topological polar surface area (TPSA) is 32.8 Å². The molecule has 13 aromatic rings. The Balaban J connectivity index is 0.946. The van der Waals surface area contributed by atoms with Crippen molar-refractivity contribution in [3.05, 3.63) is 240 Å². The molecule has 2 aromatic heterocycles. The van der Waals surface area contributed by atoms with E-state index in [1.165, 1.54) is 55.6 Å². The summed E-state index contributed by atoms with van der Waals surface area (Å²) in [5.74, 6) is 0.825. The highest BCUT2D eigenvalue weighted by atomic mass is 16.4. The summed E-state index contributed by atoms with van der Waals surface area (Å²) in [5.41, 5.74) is 22.6. The predicted molar refractivity (Wildman–Crippen MR) is 329 cm³/mol. The van der Waals surface area contributed by atoms with Crippen LogP contribution in [0.1, 0.15) is 101 Å². The van der Waals surface area contributed by atoms with Gasteiger partial charge in [-0.15, -0.1) is 0 Å². The summed E-state index contributed by atoms with van der Waals surface area (Å²) in [6.45, 7) is 18.4. The highest BCUT2D eigenvalue weighted by molar-refractivity contribution is 6.30. The Labute approximate surface area is 455 Å². The zero-order valence-electron chi connectivity index (χ0n) is 45.5. The molecule has 0 fully saturated rings. The van der Waals surface area contributed by atoms with E-state index < -0.39 is 0 Å². The molecule has 0 saturated carbocycles. The first-order valence-electron chi connectivity index (χ1n) is 27.8. The van der Waals surface area contributed by atoms with E-state index in [1.807, 2.05) is 0 Å². The summed E-state index contributed by atoms with van der Waals surface area (Å²) in [7, 11) is 0. The fourth-order valence-corrected chi connectivity index (χ4v) is 13.7. The molecular weight excluding hydrogens is 949 g/mol. The molecule has 78 heavy (non-hydrogen) atoms. The van der Waals surface area contributed by atoms with E-state index in [0.717, 1.165) is 99.5 Å². The molecular formula is C74H60N2O2. The minimum absolute atomic E-state index is 0.101. The molecule has 378 valence electrons. The molecule has 0 spiro atoms. The van der Waals surface area contributed by atoms with E-state index in [9.17, 15) is 0 Å². The Bertz CT molecular complexity index is 4330. The Kier molecular flexibility index (Phi) is 10.0. The molecule has 0 bridgehead atoms. The Hall–Kier alpha value is -8.86. The van der Waals surface area contributed by atoms with Gasteiger partial charge in [-0.1, -0.05) is 189 Å². The van der Waals surface area contributed by atoms with E-state index >= 15 is 0 Å². The average Bonchev–Trinajstić information content (AvgIpc) is 4.37. The number of nitrogens with zero attached hydrogens (tertiary/aromatic N) is 2. The zero-order chi connectivity index (χ0) is 52.9. The fraction of sp³-hybridized carbons (Fsp3) is 0.162. The van der Waals surface area contributed by atoms with Gasteiger partial charge in [-0.05, 0) is 139 Å². The van der Waals surface area contributed by atoms with Gasteiger partial charge in [0.05, 0.1) is 11.4 Å². The van der Waals surface area contributed by atoms with Crippen molar-refractivity contribution in [2.75, 3.05) is 9.80 Å². The molecule has 4 heteroatoms. The van der Waals surface area contributed by atoms with Crippen LogP contribution in [-0.2, 0) is 10.8 Å². The van der Waals surface area contributed by atoms with Crippen molar-refractivity contribution in [1.29, 1.82) is 0 Å². The molecule has 0 atom stereocenters. The van der Waals surface area contributed by atoms with Crippen LogP contribution in [0.15, 0.2) is 215 Å². The minimum atomic E-state index is -0.101. The average molecular weight is 1010 g/mol. The van der Waals surface area contributed by atoms with Gasteiger partial charge < -0.3 is 18.6 Å². The third-order valence-electron chi connectivity index (χ3n) is 17.8. The van der Waals surface area contributed by atoms with Crippen molar-refractivity contribution >= 4 is 99.5 Å². The van der Waals surface area contributed by atoms with E-state index in [1.54, 1.807) is 0 Å². The van der Waals surface area contributed by atoms with Crippen LogP contribution in [0.25, 0.3) is 87.7 Å². The molecule has 15 rings (SSSR count). The first-order valence-corrected chi connectivity index (χ1v) is 27.8. The monoisotopic (exact) mass is 1010 g/mol. The van der Waals surface area contributed by atoms with Gasteiger partial charge >= 0.3 is 0 Å². The smallest absolute Gasteiger partial charge is 0.178 e. The van der Waals surface area contributed by atoms with Gasteiger partial charge in [0.2, 0.25) is 0 Å². The van der Waals surface area contributed by atoms with Crippen molar-refractivity contribution in [3.63, 3.8) is 0 Å². The number of rotatable bonds is 8. The maximum Gasteiger partial charge on any atom is 0.178 e. The summed E-state index contributed by atoms with van der Waals surface area (Å²) in [5, 5.41) is 8.75. The van der Waals surface area contributed by atoms with E-state index in [2.05, 4.69) is 271 Å². The Morgan fingerprint density at radius 1 is 0.321 bits per heavy atom. The molecule has 0 unspecified atom stereocenters.